The van der Waals surface area contributed by atoms with E-state index in [4.69, 9.17) is 14.3 Å². The van der Waals surface area contributed by atoms with E-state index in [2.05, 4.69) is 19.3 Å². The van der Waals surface area contributed by atoms with Crippen LogP contribution in [0, 0.1) is 12.3 Å². The fourth-order valence-electron chi connectivity index (χ4n) is 4.43. The molecule has 5 rings (SSSR count). The fraction of sp³-hybridized carbons (Fsp3) is 0.214. The van der Waals surface area contributed by atoms with Crippen LogP contribution >= 0.6 is 0 Å². The van der Waals surface area contributed by atoms with Gasteiger partial charge in [0.15, 0.2) is 0 Å². The zero-order valence-corrected chi connectivity index (χ0v) is 19.0. The topological polar surface area (TPSA) is 63.8 Å². The Bertz CT molecular complexity index is 1370. The fourth-order valence-corrected chi connectivity index (χ4v) is 4.43. The molecule has 0 unspecified atom stereocenters. The number of hydrogen-bond donors (Lipinski definition) is 1. The number of benzene rings is 3. The van der Waals surface area contributed by atoms with Gasteiger partial charge in [-0.15, -0.1) is 0 Å². The van der Waals surface area contributed by atoms with Crippen molar-refractivity contribution in [2.75, 3.05) is 5.43 Å². The van der Waals surface area contributed by atoms with E-state index in [0.29, 0.717) is 5.75 Å². The van der Waals surface area contributed by atoms with E-state index in [1.807, 2.05) is 73.7 Å². The molecule has 0 radical (unpaired) electrons. The average Bonchev–Trinajstić information content (AvgIpc) is 3.13. The number of carbonyl (C=O) groups excluding carboxylic acids is 1. The van der Waals surface area contributed by atoms with Crippen LogP contribution in [0.15, 0.2) is 82.3 Å². The van der Waals surface area contributed by atoms with E-state index in [-0.39, 0.29) is 11.2 Å². The standard InChI is InChI=1S/C28H26N2O3/c1-18-25-23(30-29-21-11-5-4-6-12-21)16-28(2,3)17-24(25)33-26(18)27(31)32-22-14-13-19-9-7-8-10-20(19)15-22/h4-15,29H,16-17H2,1-3H3/b30-23-. The minimum Gasteiger partial charge on any atom is -0.453 e. The maximum absolute atomic E-state index is 13.1. The normalized spacial score (nSPS) is 15.9. The number of hydrazone groups is 1. The van der Waals surface area contributed by atoms with Crippen LogP contribution in [0.3, 0.4) is 0 Å². The van der Waals surface area contributed by atoms with Crippen molar-refractivity contribution in [2.24, 2.45) is 10.5 Å². The number of esters is 1. The highest BCUT2D eigenvalue weighted by atomic mass is 16.5. The minimum absolute atomic E-state index is 0.0337. The molecule has 0 bridgehead atoms. The zero-order chi connectivity index (χ0) is 23.0. The second kappa shape index (κ2) is 8.24. The molecule has 166 valence electrons. The number of anilines is 1. The Morgan fingerprint density at radius 2 is 1.70 bits per heavy atom. The van der Waals surface area contributed by atoms with Crippen LogP contribution < -0.4 is 10.2 Å². The second-order valence-electron chi connectivity index (χ2n) is 9.31. The van der Waals surface area contributed by atoms with Gasteiger partial charge in [0.05, 0.1) is 11.4 Å². The summed E-state index contributed by atoms with van der Waals surface area (Å²) in [6.45, 7) is 6.26. The van der Waals surface area contributed by atoms with Gasteiger partial charge in [-0.2, -0.15) is 5.10 Å². The van der Waals surface area contributed by atoms with Crippen molar-refractivity contribution < 1.29 is 13.9 Å². The number of rotatable bonds is 4. The number of nitrogens with one attached hydrogen (secondary N) is 1. The lowest BCUT2D eigenvalue weighted by Gasteiger charge is -2.29. The molecule has 3 aromatic carbocycles. The summed E-state index contributed by atoms with van der Waals surface area (Å²) < 4.78 is 11.8. The third-order valence-corrected chi connectivity index (χ3v) is 6.00. The summed E-state index contributed by atoms with van der Waals surface area (Å²) in [6.07, 6.45) is 1.51. The van der Waals surface area contributed by atoms with E-state index in [1.54, 1.807) is 6.07 Å². The predicted molar refractivity (Wildman–Crippen MR) is 131 cm³/mol. The molecule has 0 aliphatic heterocycles. The van der Waals surface area contributed by atoms with E-state index < -0.39 is 5.97 Å². The first-order valence-electron chi connectivity index (χ1n) is 11.1. The van der Waals surface area contributed by atoms with E-state index in [9.17, 15) is 4.79 Å². The van der Waals surface area contributed by atoms with Gasteiger partial charge in [-0.25, -0.2) is 4.79 Å². The minimum atomic E-state index is -0.495. The van der Waals surface area contributed by atoms with Crippen LogP contribution in [0.1, 0.15) is 47.7 Å². The molecule has 4 aromatic rings. The number of carbonyl (C=O) groups is 1. The van der Waals surface area contributed by atoms with Crippen molar-refractivity contribution in [2.45, 2.75) is 33.6 Å². The molecule has 0 spiro atoms. The van der Waals surface area contributed by atoms with Crippen LogP contribution in [0.25, 0.3) is 10.8 Å². The highest BCUT2D eigenvalue weighted by Crippen LogP contribution is 2.39. The molecular weight excluding hydrogens is 412 g/mol. The molecule has 0 saturated heterocycles. The molecule has 0 fully saturated rings. The smallest absolute Gasteiger partial charge is 0.379 e. The van der Waals surface area contributed by atoms with E-state index in [1.165, 1.54) is 0 Å². The lowest BCUT2D eigenvalue weighted by molar-refractivity contribution is 0.0697. The molecule has 1 heterocycles. The van der Waals surface area contributed by atoms with Crippen molar-refractivity contribution in [3.63, 3.8) is 0 Å². The van der Waals surface area contributed by atoms with Gasteiger partial charge in [-0.3, -0.25) is 5.43 Å². The number of furan rings is 1. The third kappa shape index (κ3) is 4.27. The number of ether oxygens (including phenoxy) is 1. The van der Waals surface area contributed by atoms with Gasteiger partial charge in [0.1, 0.15) is 11.5 Å². The van der Waals surface area contributed by atoms with Crippen molar-refractivity contribution >= 4 is 28.1 Å². The molecule has 0 amide bonds. The van der Waals surface area contributed by atoms with Gasteiger partial charge in [0, 0.05) is 17.5 Å². The summed E-state index contributed by atoms with van der Waals surface area (Å²) in [5, 5.41) is 6.81. The van der Waals surface area contributed by atoms with Gasteiger partial charge in [-0.1, -0.05) is 62.4 Å². The predicted octanol–water partition coefficient (Wildman–Crippen LogP) is 6.75. The monoisotopic (exact) mass is 438 g/mol. The Kier molecular flexibility index (Phi) is 5.25. The molecule has 0 atom stereocenters. The number of para-hydroxylation sites is 1. The van der Waals surface area contributed by atoms with Crippen molar-refractivity contribution in [1.82, 2.24) is 0 Å². The van der Waals surface area contributed by atoms with E-state index >= 15 is 0 Å². The van der Waals surface area contributed by atoms with Crippen LogP contribution in [-0.2, 0) is 6.42 Å². The first-order valence-corrected chi connectivity index (χ1v) is 11.1. The van der Waals surface area contributed by atoms with Crippen LogP contribution in [0.4, 0.5) is 5.69 Å². The maximum Gasteiger partial charge on any atom is 0.379 e. The molecule has 1 aliphatic carbocycles. The Labute approximate surface area is 193 Å². The number of hydrogen-bond acceptors (Lipinski definition) is 5. The molecule has 33 heavy (non-hydrogen) atoms. The van der Waals surface area contributed by atoms with Crippen molar-refractivity contribution in [3.8, 4) is 5.75 Å². The van der Waals surface area contributed by atoms with Gasteiger partial charge < -0.3 is 9.15 Å². The van der Waals surface area contributed by atoms with Gasteiger partial charge in [0.2, 0.25) is 5.76 Å². The molecular formula is C28H26N2O3. The van der Waals surface area contributed by atoms with Crippen molar-refractivity contribution in [3.05, 3.63) is 95.4 Å². The SMILES string of the molecule is Cc1c(C(=O)Oc2ccc3ccccc3c2)oc2c1/C(=N\Nc1ccccc1)CC(C)(C)C2. The Morgan fingerprint density at radius 1 is 0.970 bits per heavy atom. The zero-order valence-electron chi connectivity index (χ0n) is 19.0. The first kappa shape index (κ1) is 21.0. The van der Waals surface area contributed by atoms with Crippen molar-refractivity contribution in [1.29, 1.82) is 0 Å². The molecule has 0 saturated carbocycles. The summed E-state index contributed by atoms with van der Waals surface area (Å²) in [6, 6.07) is 23.4. The lowest BCUT2D eigenvalue weighted by Crippen LogP contribution is -2.27. The largest absolute Gasteiger partial charge is 0.453 e. The van der Waals surface area contributed by atoms with E-state index in [0.717, 1.165) is 51.9 Å². The number of fused-ring (bicyclic) bond motifs is 2. The Hall–Kier alpha value is -3.86. The second-order valence-corrected chi connectivity index (χ2v) is 9.31. The lowest BCUT2D eigenvalue weighted by atomic mass is 9.75. The van der Waals surface area contributed by atoms with Gasteiger partial charge in [0.25, 0.3) is 0 Å². The van der Waals surface area contributed by atoms with Crippen LogP contribution in [-0.4, -0.2) is 11.7 Å². The summed E-state index contributed by atoms with van der Waals surface area (Å²) in [4.78, 5) is 13.1. The summed E-state index contributed by atoms with van der Waals surface area (Å²) in [7, 11) is 0. The molecule has 1 aromatic heterocycles. The summed E-state index contributed by atoms with van der Waals surface area (Å²) >= 11 is 0. The Balaban J connectivity index is 1.46. The molecule has 5 heteroatoms. The first-order chi connectivity index (χ1) is 15.9. The van der Waals surface area contributed by atoms with Crippen LogP contribution in [0.5, 0.6) is 5.75 Å². The van der Waals surface area contributed by atoms with Gasteiger partial charge >= 0.3 is 5.97 Å². The highest BCUT2D eigenvalue weighted by Gasteiger charge is 2.36. The van der Waals surface area contributed by atoms with Crippen LogP contribution in [0.2, 0.25) is 0 Å². The quantitative estimate of drug-likeness (QED) is 0.217. The maximum atomic E-state index is 13.1. The highest BCUT2D eigenvalue weighted by molar-refractivity contribution is 6.06. The Morgan fingerprint density at radius 3 is 2.48 bits per heavy atom. The third-order valence-electron chi connectivity index (χ3n) is 6.00. The summed E-state index contributed by atoms with van der Waals surface area (Å²) in [5.41, 5.74) is 6.58. The molecule has 1 aliphatic rings. The number of nitrogens with zero attached hydrogens (tertiary/aromatic N) is 1. The average molecular weight is 439 g/mol. The van der Waals surface area contributed by atoms with Gasteiger partial charge in [-0.05, 0) is 53.8 Å². The summed E-state index contributed by atoms with van der Waals surface area (Å²) in [5.74, 6) is 1.01. The molecule has 1 N–H and O–H groups in total. The molecule has 5 nitrogen and oxygen atoms in total.